The third kappa shape index (κ3) is 5.04. The van der Waals surface area contributed by atoms with Gasteiger partial charge in [0, 0.05) is 6.54 Å². The minimum Gasteiger partial charge on any atom is -0.394 e. The molecule has 0 radical (unpaired) electrons. The van der Waals surface area contributed by atoms with Gasteiger partial charge in [-0.25, -0.2) is 0 Å². The van der Waals surface area contributed by atoms with Crippen LogP contribution in [0.1, 0.15) is 47.0 Å². The van der Waals surface area contributed by atoms with Crippen LogP contribution in [-0.4, -0.2) is 29.7 Å². The summed E-state index contributed by atoms with van der Waals surface area (Å²) in [7, 11) is 0. The van der Waals surface area contributed by atoms with Crippen LogP contribution in [0, 0.1) is 11.8 Å². The standard InChI is InChI=1S/C13H28N2O2/c1-5-13(6-2,9-16)15-12(17)11(8-14)7-10(3)4/h10-11,16H,5-9,14H2,1-4H3,(H,15,17). The van der Waals surface area contributed by atoms with Crippen LogP contribution in [0.25, 0.3) is 0 Å². The Bertz CT molecular complexity index is 217. The molecular weight excluding hydrogens is 216 g/mol. The number of amides is 1. The highest BCUT2D eigenvalue weighted by Gasteiger charge is 2.30. The van der Waals surface area contributed by atoms with Crippen molar-refractivity contribution in [3.05, 3.63) is 0 Å². The van der Waals surface area contributed by atoms with Gasteiger partial charge in [0.05, 0.1) is 18.1 Å². The van der Waals surface area contributed by atoms with Crippen LogP contribution in [0.2, 0.25) is 0 Å². The summed E-state index contributed by atoms with van der Waals surface area (Å²) in [4.78, 5) is 12.1. The number of aliphatic hydroxyl groups is 1. The van der Waals surface area contributed by atoms with Crippen LogP contribution in [0.15, 0.2) is 0 Å². The molecule has 0 saturated heterocycles. The summed E-state index contributed by atoms with van der Waals surface area (Å²) in [5.74, 6) is 0.263. The minimum absolute atomic E-state index is 0.0231. The average molecular weight is 244 g/mol. The molecule has 0 heterocycles. The first-order valence-electron chi connectivity index (χ1n) is 6.57. The Morgan fingerprint density at radius 2 is 1.88 bits per heavy atom. The van der Waals surface area contributed by atoms with Crippen molar-refractivity contribution in [2.45, 2.75) is 52.5 Å². The molecule has 0 fully saturated rings. The smallest absolute Gasteiger partial charge is 0.224 e. The lowest BCUT2D eigenvalue weighted by Crippen LogP contribution is -2.53. The topological polar surface area (TPSA) is 75.3 Å². The Kier molecular flexibility index (Phi) is 7.39. The Hall–Kier alpha value is -0.610. The minimum atomic E-state index is -0.485. The second-order valence-corrected chi connectivity index (χ2v) is 5.20. The van der Waals surface area contributed by atoms with E-state index in [0.717, 1.165) is 19.3 Å². The van der Waals surface area contributed by atoms with E-state index in [1.165, 1.54) is 0 Å². The molecule has 1 atom stereocenters. The number of hydrogen-bond acceptors (Lipinski definition) is 3. The van der Waals surface area contributed by atoms with Crippen molar-refractivity contribution in [1.29, 1.82) is 0 Å². The van der Waals surface area contributed by atoms with Crippen molar-refractivity contribution in [2.75, 3.05) is 13.2 Å². The molecule has 1 amide bonds. The number of aliphatic hydroxyl groups excluding tert-OH is 1. The number of nitrogens with two attached hydrogens (primary N) is 1. The predicted molar refractivity (Wildman–Crippen MR) is 70.5 cm³/mol. The number of carbonyl (C=O) groups excluding carboxylic acids is 1. The van der Waals surface area contributed by atoms with Crippen LogP contribution >= 0.6 is 0 Å². The molecule has 0 spiro atoms. The molecule has 0 aromatic carbocycles. The molecule has 0 aliphatic carbocycles. The van der Waals surface area contributed by atoms with Crippen molar-refractivity contribution in [1.82, 2.24) is 5.32 Å². The fourth-order valence-electron chi connectivity index (χ4n) is 1.93. The van der Waals surface area contributed by atoms with Gasteiger partial charge in [-0.15, -0.1) is 0 Å². The second kappa shape index (κ2) is 7.67. The van der Waals surface area contributed by atoms with Gasteiger partial charge >= 0.3 is 0 Å². The molecule has 0 aromatic heterocycles. The highest BCUT2D eigenvalue weighted by Crippen LogP contribution is 2.17. The number of nitrogens with one attached hydrogen (secondary N) is 1. The third-order valence-electron chi connectivity index (χ3n) is 3.46. The van der Waals surface area contributed by atoms with E-state index in [1.807, 2.05) is 13.8 Å². The van der Waals surface area contributed by atoms with Gasteiger partial charge in [-0.1, -0.05) is 27.7 Å². The summed E-state index contributed by atoms with van der Waals surface area (Å²) in [5.41, 5.74) is 5.16. The van der Waals surface area contributed by atoms with E-state index < -0.39 is 5.54 Å². The molecule has 4 N–H and O–H groups in total. The summed E-state index contributed by atoms with van der Waals surface area (Å²) in [5, 5.41) is 12.4. The fraction of sp³-hybridized carbons (Fsp3) is 0.923. The molecule has 0 saturated carbocycles. The summed E-state index contributed by atoms with van der Waals surface area (Å²) in [6.07, 6.45) is 2.24. The van der Waals surface area contributed by atoms with Gasteiger partial charge in [0.2, 0.25) is 5.91 Å². The van der Waals surface area contributed by atoms with Crippen molar-refractivity contribution in [2.24, 2.45) is 17.6 Å². The van der Waals surface area contributed by atoms with E-state index in [4.69, 9.17) is 5.73 Å². The Balaban J connectivity index is 4.57. The molecule has 1 unspecified atom stereocenters. The monoisotopic (exact) mass is 244 g/mol. The normalized spacial score (nSPS) is 13.8. The van der Waals surface area contributed by atoms with E-state index in [1.54, 1.807) is 0 Å². The zero-order valence-corrected chi connectivity index (χ0v) is 11.6. The molecular formula is C13H28N2O2. The molecule has 17 heavy (non-hydrogen) atoms. The summed E-state index contributed by atoms with van der Waals surface area (Å²) in [6, 6.07) is 0. The summed E-state index contributed by atoms with van der Waals surface area (Å²) < 4.78 is 0. The molecule has 4 heteroatoms. The lowest BCUT2D eigenvalue weighted by atomic mass is 9.90. The van der Waals surface area contributed by atoms with E-state index in [-0.39, 0.29) is 18.4 Å². The average Bonchev–Trinajstić information content (AvgIpc) is 2.32. The van der Waals surface area contributed by atoms with Gasteiger partial charge in [0.1, 0.15) is 0 Å². The van der Waals surface area contributed by atoms with Gasteiger partial charge in [-0.2, -0.15) is 0 Å². The second-order valence-electron chi connectivity index (χ2n) is 5.20. The van der Waals surface area contributed by atoms with Gasteiger partial charge in [-0.05, 0) is 25.2 Å². The van der Waals surface area contributed by atoms with Crippen LogP contribution in [0.3, 0.4) is 0 Å². The summed E-state index contributed by atoms with van der Waals surface area (Å²) >= 11 is 0. The highest BCUT2D eigenvalue weighted by atomic mass is 16.3. The van der Waals surface area contributed by atoms with Gasteiger partial charge < -0.3 is 16.2 Å². The van der Waals surface area contributed by atoms with Crippen LogP contribution in [0.4, 0.5) is 0 Å². The Morgan fingerprint density at radius 3 is 2.18 bits per heavy atom. The largest absolute Gasteiger partial charge is 0.394 e. The third-order valence-corrected chi connectivity index (χ3v) is 3.46. The zero-order valence-electron chi connectivity index (χ0n) is 11.6. The van der Waals surface area contributed by atoms with E-state index in [2.05, 4.69) is 19.2 Å². The summed E-state index contributed by atoms with van der Waals surface area (Å²) in [6.45, 7) is 8.44. The number of rotatable bonds is 8. The van der Waals surface area contributed by atoms with Gasteiger partial charge in [0.25, 0.3) is 0 Å². The van der Waals surface area contributed by atoms with Crippen molar-refractivity contribution < 1.29 is 9.90 Å². The lowest BCUT2D eigenvalue weighted by Gasteiger charge is -2.32. The first kappa shape index (κ1) is 16.4. The molecule has 0 aliphatic rings. The van der Waals surface area contributed by atoms with E-state index in [9.17, 15) is 9.90 Å². The van der Waals surface area contributed by atoms with E-state index in [0.29, 0.717) is 12.5 Å². The van der Waals surface area contributed by atoms with Gasteiger partial charge in [0.15, 0.2) is 0 Å². The molecule has 102 valence electrons. The molecule has 0 rings (SSSR count). The molecule has 0 aliphatic heterocycles. The first-order valence-corrected chi connectivity index (χ1v) is 6.57. The Morgan fingerprint density at radius 1 is 1.35 bits per heavy atom. The highest BCUT2D eigenvalue weighted by molar-refractivity contribution is 5.79. The van der Waals surface area contributed by atoms with Crippen molar-refractivity contribution in [3.8, 4) is 0 Å². The number of carbonyl (C=O) groups is 1. The maximum Gasteiger partial charge on any atom is 0.224 e. The van der Waals surface area contributed by atoms with Crippen LogP contribution in [-0.2, 0) is 4.79 Å². The van der Waals surface area contributed by atoms with Crippen molar-refractivity contribution >= 4 is 5.91 Å². The SMILES string of the molecule is CCC(CC)(CO)NC(=O)C(CN)CC(C)C. The van der Waals surface area contributed by atoms with E-state index >= 15 is 0 Å². The predicted octanol–water partition coefficient (Wildman–Crippen LogP) is 1.27. The van der Waals surface area contributed by atoms with Crippen LogP contribution in [0.5, 0.6) is 0 Å². The maximum atomic E-state index is 12.1. The molecule has 0 aromatic rings. The Labute approximate surface area is 105 Å². The van der Waals surface area contributed by atoms with Crippen molar-refractivity contribution in [3.63, 3.8) is 0 Å². The van der Waals surface area contributed by atoms with Crippen LogP contribution < -0.4 is 11.1 Å². The first-order chi connectivity index (χ1) is 7.94. The lowest BCUT2D eigenvalue weighted by molar-refractivity contribution is -0.128. The maximum absolute atomic E-state index is 12.1. The number of hydrogen-bond donors (Lipinski definition) is 3. The zero-order chi connectivity index (χ0) is 13.5. The van der Waals surface area contributed by atoms with Gasteiger partial charge in [-0.3, -0.25) is 4.79 Å². The molecule has 4 nitrogen and oxygen atoms in total. The molecule has 0 bridgehead atoms. The fourth-order valence-corrected chi connectivity index (χ4v) is 1.93. The quantitative estimate of drug-likeness (QED) is 0.602.